The average Bonchev–Trinajstić information content (AvgIpc) is 3.27. The van der Waals surface area contributed by atoms with E-state index in [1.165, 1.54) is 5.69 Å². The maximum atomic E-state index is 6.33. The highest BCUT2D eigenvalue weighted by Gasteiger charge is 2.25. The standard InChI is InChI=1S/C23H30ClN5O.HI/c1-30-22-5-3-2-4-21(22)29-11-10-18(17-29)16-26-23(25)28-14-12-27(13-15-28)20-8-6-19(24)7-9-20;/h2-9,18H,10-17H2,1H3,(H2,25,26);1H. The van der Waals surface area contributed by atoms with Gasteiger partial charge < -0.3 is 25.2 Å². The third-order valence-corrected chi connectivity index (χ3v) is 6.27. The minimum atomic E-state index is 0. The molecule has 2 fully saturated rings. The molecule has 0 spiro atoms. The number of piperazine rings is 1. The van der Waals surface area contributed by atoms with Crippen LogP contribution < -0.4 is 20.3 Å². The van der Waals surface area contributed by atoms with Crippen molar-refractivity contribution in [1.82, 2.24) is 4.90 Å². The van der Waals surface area contributed by atoms with Crippen LogP contribution in [0.5, 0.6) is 5.75 Å². The molecule has 8 heteroatoms. The van der Waals surface area contributed by atoms with Crippen LogP contribution >= 0.6 is 35.6 Å². The Balaban J connectivity index is 0.00000272. The molecule has 0 bridgehead atoms. The van der Waals surface area contributed by atoms with Crippen LogP contribution in [0.25, 0.3) is 0 Å². The molecule has 4 rings (SSSR count). The Bertz CT molecular complexity index is 871. The van der Waals surface area contributed by atoms with Gasteiger partial charge in [-0.05, 0) is 48.7 Å². The lowest BCUT2D eigenvalue weighted by molar-refractivity contribution is 0.379. The first-order chi connectivity index (χ1) is 14.6. The summed E-state index contributed by atoms with van der Waals surface area (Å²) in [7, 11) is 1.73. The number of benzene rings is 2. The second-order valence-electron chi connectivity index (χ2n) is 7.92. The Kier molecular flexibility index (Phi) is 8.54. The summed E-state index contributed by atoms with van der Waals surface area (Å²) in [6.07, 6.45) is 1.12. The van der Waals surface area contributed by atoms with Crippen molar-refractivity contribution in [3.63, 3.8) is 0 Å². The monoisotopic (exact) mass is 555 g/mol. The van der Waals surface area contributed by atoms with Crippen molar-refractivity contribution in [2.75, 3.05) is 62.7 Å². The second kappa shape index (κ2) is 11.1. The van der Waals surface area contributed by atoms with Gasteiger partial charge in [0.1, 0.15) is 5.75 Å². The minimum Gasteiger partial charge on any atom is -0.495 e. The lowest BCUT2D eigenvalue weighted by Crippen LogP contribution is -2.51. The molecule has 2 N–H and O–H groups in total. The first-order valence-corrected chi connectivity index (χ1v) is 10.9. The van der Waals surface area contributed by atoms with Crippen molar-refractivity contribution in [2.45, 2.75) is 6.42 Å². The van der Waals surface area contributed by atoms with Crippen LogP contribution in [0.4, 0.5) is 11.4 Å². The van der Waals surface area contributed by atoms with Crippen molar-refractivity contribution in [3.05, 3.63) is 53.6 Å². The fourth-order valence-corrected chi connectivity index (χ4v) is 4.39. The van der Waals surface area contributed by atoms with Crippen LogP contribution in [0.3, 0.4) is 0 Å². The quantitative estimate of drug-likeness (QED) is 0.344. The number of nitrogens with two attached hydrogens (primary N) is 1. The summed E-state index contributed by atoms with van der Waals surface area (Å²) in [5.74, 6) is 2.12. The number of ether oxygens (including phenoxy) is 1. The second-order valence-corrected chi connectivity index (χ2v) is 8.36. The maximum absolute atomic E-state index is 6.33. The molecule has 168 valence electrons. The molecule has 2 aliphatic rings. The van der Waals surface area contributed by atoms with Crippen molar-refractivity contribution < 1.29 is 4.74 Å². The van der Waals surface area contributed by atoms with E-state index in [1.54, 1.807) is 7.11 Å². The van der Waals surface area contributed by atoms with Crippen LogP contribution in [0.2, 0.25) is 5.02 Å². The van der Waals surface area contributed by atoms with Gasteiger partial charge in [0, 0.05) is 56.5 Å². The molecule has 0 radical (unpaired) electrons. The number of hydrogen-bond donors (Lipinski definition) is 1. The zero-order chi connectivity index (χ0) is 20.9. The first kappa shape index (κ1) is 23.8. The Hall–Kier alpha value is -1.87. The van der Waals surface area contributed by atoms with E-state index in [4.69, 9.17) is 27.1 Å². The van der Waals surface area contributed by atoms with Gasteiger partial charge in [-0.3, -0.25) is 4.99 Å². The highest BCUT2D eigenvalue weighted by molar-refractivity contribution is 14.0. The number of hydrogen-bond acceptors (Lipinski definition) is 4. The molecule has 2 heterocycles. The summed E-state index contributed by atoms with van der Waals surface area (Å²) < 4.78 is 5.51. The van der Waals surface area contributed by atoms with Gasteiger partial charge in [-0.25, -0.2) is 0 Å². The van der Waals surface area contributed by atoms with Gasteiger partial charge >= 0.3 is 0 Å². The Labute approximate surface area is 207 Å². The largest absolute Gasteiger partial charge is 0.495 e. The third-order valence-electron chi connectivity index (χ3n) is 6.02. The smallest absolute Gasteiger partial charge is 0.191 e. The van der Waals surface area contributed by atoms with Gasteiger partial charge in [-0.15, -0.1) is 24.0 Å². The van der Waals surface area contributed by atoms with Crippen LogP contribution in [-0.4, -0.2) is 63.8 Å². The number of rotatable bonds is 5. The predicted molar refractivity (Wildman–Crippen MR) is 140 cm³/mol. The zero-order valence-electron chi connectivity index (χ0n) is 17.9. The average molecular weight is 556 g/mol. The summed E-state index contributed by atoms with van der Waals surface area (Å²) in [6, 6.07) is 16.2. The lowest BCUT2D eigenvalue weighted by atomic mass is 10.1. The molecule has 0 aromatic heterocycles. The predicted octanol–water partition coefficient (Wildman–Crippen LogP) is 3.93. The van der Waals surface area contributed by atoms with Crippen molar-refractivity contribution in [1.29, 1.82) is 0 Å². The summed E-state index contributed by atoms with van der Waals surface area (Å²) in [5.41, 5.74) is 8.70. The van der Waals surface area contributed by atoms with E-state index in [0.717, 1.165) is 68.7 Å². The van der Waals surface area contributed by atoms with Gasteiger partial charge in [0.05, 0.1) is 12.8 Å². The van der Waals surface area contributed by atoms with Crippen molar-refractivity contribution in [3.8, 4) is 5.75 Å². The number of aliphatic imine (C=N–C) groups is 1. The van der Waals surface area contributed by atoms with Gasteiger partial charge in [-0.2, -0.15) is 0 Å². The van der Waals surface area contributed by atoms with Crippen LogP contribution in [0.15, 0.2) is 53.5 Å². The van der Waals surface area contributed by atoms with Crippen molar-refractivity contribution >= 4 is 52.9 Å². The zero-order valence-corrected chi connectivity index (χ0v) is 21.0. The Morgan fingerprint density at radius 3 is 2.45 bits per heavy atom. The molecule has 1 unspecified atom stereocenters. The number of halogens is 2. The van der Waals surface area contributed by atoms with Crippen LogP contribution in [-0.2, 0) is 0 Å². The molecular formula is C23H31ClIN5O. The number of guanidine groups is 1. The summed E-state index contributed by atoms with van der Waals surface area (Å²) in [5, 5.41) is 0.768. The van der Waals surface area contributed by atoms with E-state index < -0.39 is 0 Å². The van der Waals surface area contributed by atoms with Crippen molar-refractivity contribution in [2.24, 2.45) is 16.6 Å². The summed E-state index contributed by atoms with van der Waals surface area (Å²) in [6.45, 7) is 6.42. The van der Waals surface area contributed by atoms with E-state index in [9.17, 15) is 0 Å². The fourth-order valence-electron chi connectivity index (χ4n) is 4.26. The number of anilines is 2. The first-order valence-electron chi connectivity index (χ1n) is 10.6. The third kappa shape index (κ3) is 5.88. The summed E-state index contributed by atoms with van der Waals surface area (Å²) in [4.78, 5) is 11.7. The normalized spacial score (nSPS) is 19.4. The molecule has 31 heavy (non-hydrogen) atoms. The molecule has 2 aliphatic heterocycles. The van der Waals surface area contributed by atoms with Gasteiger partial charge in [0.15, 0.2) is 5.96 Å². The van der Waals surface area contributed by atoms with Gasteiger partial charge in [0.25, 0.3) is 0 Å². The fraction of sp³-hybridized carbons (Fsp3) is 0.435. The Morgan fingerprint density at radius 1 is 1.03 bits per heavy atom. The van der Waals surface area contributed by atoms with Gasteiger partial charge in [-0.1, -0.05) is 23.7 Å². The number of nitrogens with zero attached hydrogens (tertiary/aromatic N) is 4. The summed E-state index contributed by atoms with van der Waals surface area (Å²) >= 11 is 5.99. The minimum absolute atomic E-state index is 0. The highest BCUT2D eigenvalue weighted by atomic mass is 127. The molecule has 1 atom stereocenters. The Morgan fingerprint density at radius 2 is 1.74 bits per heavy atom. The van der Waals surface area contributed by atoms with E-state index in [1.807, 2.05) is 24.3 Å². The molecule has 0 aliphatic carbocycles. The number of para-hydroxylation sites is 2. The number of methoxy groups -OCH3 is 1. The topological polar surface area (TPSA) is 57.3 Å². The van der Waals surface area contributed by atoms with E-state index in [2.05, 4.69) is 39.0 Å². The molecule has 6 nitrogen and oxygen atoms in total. The van der Waals surface area contributed by atoms with Crippen LogP contribution in [0, 0.1) is 5.92 Å². The van der Waals surface area contributed by atoms with E-state index in [0.29, 0.717) is 11.9 Å². The molecule has 0 amide bonds. The SMILES string of the molecule is COc1ccccc1N1CCC(CN=C(N)N2CCN(c3ccc(Cl)cc3)CC2)C1.I. The van der Waals surface area contributed by atoms with Crippen LogP contribution in [0.1, 0.15) is 6.42 Å². The van der Waals surface area contributed by atoms with E-state index >= 15 is 0 Å². The highest BCUT2D eigenvalue weighted by Crippen LogP contribution is 2.32. The molecule has 0 saturated carbocycles. The van der Waals surface area contributed by atoms with Gasteiger partial charge in [0.2, 0.25) is 0 Å². The maximum Gasteiger partial charge on any atom is 0.191 e. The molecule has 2 aromatic rings. The van der Waals surface area contributed by atoms with E-state index in [-0.39, 0.29) is 24.0 Å². The lowest BCUT2D eigenvalue weighted by Gasteiger charge is -2.36. The molecule has 2 saturated heterocycles. The molecule has 2 aromatic carbocycles. The molecular weight excluding hydrogens is 525 g/mol.